The molecule has 0 aliphatic rings. The zero-order valence-corrected chi connectivity index (χ0v) is 19.9. The van der Waals surface area contributed by atoms with Crippen LogP contribution in [0.1, 0.15) is 64.0 Å². The monoisotopic (exact) mass is 435 g/mol. The van der Waals surface area contributed by atoms with Crippen molar-refractivity contribution in [2.24, 2.45) is 0 Å². The molecule has 0 N–H and O–H groups in total. The maximum absolute atomic E-state index is 13.6. The number of aryl methyl sites for hydroxylation is 1. The van der Waals surface area contributed by atoms with Gasteiger partial charge in [0.25, 0.3) is 10.0 Å². The standard InChI is InChI=1S/C27H33NO2S/c1-6-10-22(18-20(3)4)24(11-7-2)26-19-28(27-13-9-8-12-25(26)27)31(29,30)23-16-14-21(5)15-17-23/h8-9,12-17,19H,3,6-7,10-11,18H2,1-2,4-5H3/b24-22-. The third-order valence-corrected chi connectivity index (χ3v) is 7.26. The number of allylic oxidation sites excluding steroid dienone is 3. The molecule has 0 spiro atoms. The van der Waals surface area contributed by atoms with Gasteiger partial charge in [0.15, 0.2) is 0 Å². The van der Waals surface area contributed by atoms with Crippen molar-refractivity contribution in [3.63, 3.8) is 0 Å². The van der Waals surface area contributed by atoms with Gasteiger partial charge < -0.3 is 0 Å². The van der Waals surface area contributed by atoms with Crippen LogP contribution in [0.2, 0.25) is 0 Å². The number of fused-ring (bicyclic) bond motifs is 1. The molecule has 164 valence electrons. The number of aromatic nitrogens is 1. The minimum Gasteiger partial charge on any atom is -0.241 e. The van der Waals surface area contributed by atoms with Crippen molar-refractivity contribution >= 4 is 26.5 Å². The van der Waals surface area contributed by atoms with Crippen LogP contribution in [-0.4, -0.2) is 12.4 Å². The molecule has 0 aliphatic carbocycles. The molecule has 0 saturated carbocycles. The summed E-state index contributed by atoms with van der Waals surface area (Å²) in [7, 11) is -3.69. The van der Waals surface area contributed by atoms with Gasteiger partial charge >= 0.3 is 0 Å². The second-order valence-corrected chi connectivity index (χ2v) is 10.2. The molecule has 3 rings (SSSR count). The van der Waals surface area contributed by atoms with E-state index in [1.807, 2.05) is 49.5 Å². The molecule has 3 nitrogen and oxygen atoms in total. The van der Waals surface area contributed by atoms with Crippen LogP contribution in [0.25, 0.3) is 16.5 Å². The summed E-state index contributed by atoms with van der Waals surface area (Å²) < 4.78 is 28.6. The predicted molar refractivity (Wildman–Crippen MR) is 132 cm³/mol. The van der Waals surface area contributed by atoms with Crippen molar-refractivity contribution in [3.8, 4) is 0 Å². The van der Waals surface area contributed by atoms with Gasteiger partial charge in [-0.15, -0.1) is 0 Å². The van der Waals surface area contributed by atoms with E-state index in [9.17, 15) is 8.42 Å². The zero-order chi connectivity index (χ0) is 22.6. The van der Waals surface area contributed by atoms with Gasteiger partial charge in [-0.2, -0.15) is 0 Å². The quantitative estimate of drug-likeness (QED) is 0.326. The number of hydrogen-bond acceptors (Lipinski definition) is 2. The topological polar surface area (TPSA) is 39.1 Å². The fourth-order valence-electron chi connectivity index (χ4n) is 4.18. The minimum absolute atomic E-state index is 0.308. The Morgan fingerprint density at radius 3 is 2.23 bits per heavy atom. The first kappa shape index (κ1) is 23.1. The van der Waals surface area contributed by atoms with Gasteiger partial charge in [-0.1, -0.05) is 80.3 Å². The molecule has 0 bridgehead atoms. The molecule has 0 atom stereocenters. The molecule has 0 aliphatic heterocycles. The first-order valence-electron chi connectivity index (χ1n) is 11.1. The van der Waals surface area contributed by atoms with Crippen LogP contribution in [-0.2, 0) is 10.0 Å². The predicted octanol–water partition coefficient (Wildman–Crippen LogP) is 7.51. The van der Waals surface area contributed by atoms with E-state index in [-0.39, 0.29) is 0 Å². The van der Waals surface area contributed by atoms with Gasteiger partial charge in [0, 0.05) is 17.1 Å². The van der Waals surface area contributed by atoms with E-state index >= 15 is 0 Å². The number of para-hydroxylation sites is 1. The number of benzene rings is 2. The average Bonchev–Trinajstić information content (AvgIpc) is 3.12. The normalized spacial score (nSPS) is 12.8. The summed E-state index contributed by atoms with van der Waals surface area (Å²) in [4.78, 5) is 0.308. The first-order valence-corrected chi connectivity index (χ1v) is 12.5. The molecule has 0 unspecified atom stereocenters. The Labute approximate surface area is 187 Å². The van der Waals surface area contributed by atoms with Crippen molar-refractivity contribution in [2.45, 2.75) is 64.7 Å². The van der Waals surface area contributed by atoms with Crippen molar-refractivity contribution in [3.05, 3.63) is 83.6 Å². The van der Waals surface area contributed by atoms with Crippen LogP contribution in [0.3, 0.4) is 0 Å². The smallest absolute Gasteiger partial charge is 0.241 e. The molecular weight excluding hydrogens is 402 g/mol. The second kappa shape index (κ2) is 9.69. The van der Waals surface area contributed by atoms with Crippen molar-refractivity contribution in [1.29, 1.82) is 0 Å². The summed E-state index contributed by atoms with van der Waals surface area (Å²) in [6.45, 7) is 12.5. The Bertz CT molecular complexity index is 1210. The fraction of sp³-hybridized carbons (Fsp3) is 0.333. The first-order chi connectivity index (χ1) is 14.8. The third-order valence-electron chi connectivity index (χ3n) is 5.57. The average molecular weight is 436 g/mol. The van der Waals surface area contributed by atoms with Crippen LogP contribution in [0, 0.1) is 6.92 Å². The summed E-state index contributed by atoms with van der Waals surface area (Å²) in [5.41, 5.74) is 6.55. The molecule has 2 aromatic carbocycles. The lowest BCUT2D eigenvalue weighted by atomic mass is 9.90. The summed E-state index contributed by atoms with van der Waals surface area (Å²) in [6.07, 6.45) is 6.65. The fourth-order valence-corrected chi connectivity index (χ4v) is 5.55. The van der Waals surface area contributed by atoms with Crippen LogP contribution in [0.15, 0.2) is 77.3 Å². The summed E-state index contributed by atoms with van der Waals surface area (Å²) in [5.74, 6) is 0. The summed E-state index contributed by atoms with van der Waals surface area (Å²) in [5, 5.41) is 0.983. The molecule has 31 heavy (non-hydrogen) atoms. The number of hydrogen-bond donors (Lipinski definition) is 0. The van der Waals surface area contributed by atoms with E-state index in [0.717, 1.165) is 59.7 Å². The van der Waals surface area contributed by atoms with Crippen LogP contribution < -0.4 is 0 Å². The minimum atomic E-state index is -3.69. The van der Waals surface area contributed by atoms with Crippen LogP contribution >= 0.6 is 0 Å². The molecule has 0 saturated heterocycles. The van der Waals surface area contributed by atoms with Crippen molar-refractivity contribution < 1.29 is 8.42 Å². The Balaban J connectivity index is 2.29. The molecule has 4 heteroatoms. The Morgan fingerprint density at radius 2 is 1.61 bits per heavy atom. The highest BCUT2D eigenvalue weighted by Gasteiger charge is 2.23. The summed E-state index contributed by atoms with van der Waals surface area (Å²) >= 11 is 0. The van der Waals surface area contributed by atoms with Crippen molar-refractivity contribution in [2.75, 3.05) is 0 Å². The third kappa shape index (κ3) is 4.85. The lowest BCUT2D eigenvalue weighted by Gasteiger charge is -2.15. The SMILES string of the molecule is C=C(C)C/C(CCC)=C(/CCC)c1cn(S(=O)(=O)c2ccc(C)cc2)c2ccccc12. The summed E-state index contributed by atoms with van der Waals surface area (Å²) in [6, 6.07) is 14.9. The number of rotatable bonds is 9. The highest BCUT2D eigenvalue weighted by atomic mass is 32.2. The molecule has 1 heterocycles. The Morgan fingerprint density at radius 1 is 0.968 bits per heavy atom. The molecule has 0 amide bonds. The van der Waals surface area contributed by atoms with E-state index in [1.165, 1.54) is 15.1 Å². The maximum atomic E-state index is 13.6. The Hall–Kier alpha value is -2.59. The van der Waals surface area contributed by atoms with Gasteiger partial charge in [-0.25, -0.2) is 12.4 Å². The van der Waals surface area contributed by atoms with E-state index in [0.29, 0.717) is 4.90 Å². The van der Waals surface area contributed by atoms with Gasteiger partial charge in [-0.3, -0.25) is 0 Å². The highest BCUT2D eigenvalue weighted by Crippen LogP contribution is 2.36. The Kier molecular flexibility index (Phi) is 7.22. The van der Waals surface area contributed by atoms with E-state index in [1.54, 1.807) is 12.1 Å². The van der Waals surface area contributed by atoms with Gasteiger partial charge in [-0.05, 0) is 56.9 Å². The molecule has 1 aromatic heterocycles. The van der Waals surface area contributed by atoms with E-state index in [4.69, 9.17) is 0 Å². The van der Waals surface area contributed by atoms with E-state index < -0.39 is 10.0 Å². The lowest BCUT2D eigenvalue weighted by molar-refractivity contribution is 0.589. The molecule has 0 fully saturated rings. The van der Waals surface area contributed by atoms with E-state index in [2.05, 4.69) is 27.4 Å². The van der Waals surface area contributed by atoms with Gasteiger partial charge in [0.2, 0.25) is 0 Å². The van der Waals surface area contributed by atoms with Crippen LogP contribution in [0.4, 0.5) is 0 Å². The van der Waals surface area contributed by atoms with Crippen LogP contribution in [0.5, 0.6) is 0 Å². The number of nitrogens with zero attached hydrogens (tertiary/aromatic N) is 1. The lowest BCUT2D eigenvalue weighted by Crippen LogP contribution is -2.11. The molecule has 3 aromatic rings. The van der Waals surface area contributed by atoms with Gasteiger partial charge in [0.1, 0.15) is 0 Å². The largest absolute Gasteiger partial charge is 0.268 e. The van der Waals surface area contributed by atoms with Gasteiger partial charge in [0.05, 0.1) is 10.4 Å². The highest BCUT2D eigenvalue weighted by molar-refractivity contribution is 7.90. The zero-order valence-electron chi connectivity index (χ0n) is 19.1. The molecular formula is C27H33NO2S. The molecule has 0 radical (unpaired) electrons. The maximum Gasteiger partial charge on any atom is 0.268 e. The second-order valence-electron chi connectivity index (χ2n) is 8.39. The van der Waals surface area contributed by atoms with Crippen molar-refractivity contribution in [1.82, 2.24) is 3.97 Å².